The first kappa shape index (κ1) is 20.2. The molecule has 1 N–H and O–H groups in total. The summed E-state index contributed by atoms with van der Waals surface area (Å²) in [5.74, 6) is -1.58. The maximum atomic E-state index is 12.8. The number of nitrogens with one attached hydrogen (secondary N) is 1. The van der Waals surface area contributed by atoms with Crippen molar-refractivity contribution in [1.29, 1.82) is 0 Å². The minimum Gasteiger partial charge on any atom is -0.450 e. The maximum absolute atomic E-state index is 12.8. The third-order valence-corrected chi connectivity index (χ3v) is 4.04. The quantitative estimate of drug-likeness (QED) is 0.604. The predicted octanol–water partition coefficient (Wildman–Crippen LogP) is 5.07. The SMILES string of the molecule is Cc1ccccc1NC(=O)COC(=O)c1ccc(-c2cccc(C(F)(F)F)c2)o1. The number of amides is 1. The number of carbonyl (C=O) groups is 2. The van der Waals surface area contributed by atoms with E-state index in [0.717, 1.165) is 17.7 Å². The highest BCUT2D eigenvalue weighted by atomic mass is 19.4. The topological polar surface area (TPSA) is 68.5 Å². The number of furan rings is 1. The summed E-state index contributed by atoms with van der Waals surface area (Å²) in [4.78, 5) is 24.0. The van der Waals surface area contributed by atoms with Crippen LogP contribution < -0.4 is 5.32 Å². The number of hydrogen-bond acceptors (Lipinski definition) is 4. The Labute approximate surface area is 164 Å². The Morgan fingerprint density at radius 1 is 1.03 bits per heavy atom. The summed E-state index contributed by atoms with van der Waals surface area (Å²) in [6.07, 6.45) is -4.49. The van der Waals surface area contributed by atoms with E-state index in [0.29, 0.717) is 5.69 Å². The summed E-state index contributed by atoms with van der Waals surface area (Å²) in [5.41, 5.74) is 0.780. The zero-order valence-electron chi connectivity index (χ0n) is 15.2. The molecule has 0 saturated carbocycles. The number of rotatable bonds is 5. The van der Waals surface area contributed by atoms with Crippen LogP contribution in [0.15, 0.2) is 65.1 Å². The molecule has 0 unspecified atom stereocenters. The van der Waals surface area contributed by atoms with E-state index in [1.54, 1.807) is 12.1 Å². The molecule has 0 spiro atoms. The lowest BCUT2D eigenvalue weighted by Crippen LogP contribution is -2.21. The first-order valence-corrected chi connectivity index (χ1v) is 8.54. The molecule has 5 nitrogen and oxygen atoms in total. The van der Waals surface area contributed by atoms with Crippen molar-refractivity contribution in [2.24, 2.45) is 0 Å². The number of alkyl halides is 3. The second kappa shape index (κ2) is 8.22. The van der Waals surface area contributed by atoms with Crippen molar-refractivity contribution < 1.29 is 31.9 Å². The van der Waals surface area contributed by atoms with Gasteiger partial charge in [0.1, 0.15) is 5.76 Å². The largest absolute Gasteiger partial charge is 0.450 e. The summed E-state index contributed by atoms with van der Waals surface area (Å²) in [5, 5.41) is 2.62. The third kappa shape index (κ3) is 5.04. The van der Waals surface area contributed by atoms with E-state index in [4.69, 9.17) is 9.15 Å². The van der Waals surface area contributed by atoms with Gasteiger partial charge < -0.3 is 14.5 Å². The standard InChI is InChI=1S/C21H16F3NO4/c1-13-5-2-3-8-16(13)25-19(26)12-28-20(27)18-10-9-17(29-18)14-6-4-7-15(11-14)21(22,23)24/h2-11H,12H2,1H3,(H,25,26). The molecule has 0 fully saturated rings. The Hall–Kier alpha value is -3.55. The Balaban J connectivity index is 1.62. The molecule has 29 heavy (non-hydrogen) atoms. The van der Waals surface area contributed by atoms with Gasteiger partial charge in [0, 0.05) is 11.3 Å². The van der Waals surface area contributed by atoms with Crippen LogP contribution in [0.2, 0.25) is 0 Å². The van der Waals surface area contributed by atoms with E-state index >= 15 is 0 Å². The minimum atomic E-state index is -4.49. The van der Waals surface area contributed by atoms with Gasteiger partial charge in [-0.15, -0.1) is 0 Å². The summed E-state index contributed by atoms with van der Waals surface area (Å²) in [6, 6.07) is 14.3. The third-order valence-electron chi connectivity index (χ3n) is 4.04. The molecule has 2 aromatic carbocycles. The monoisotopic (exact) mass is 403 g/mol. The van der Waals surface area contributed by atoms with Gasteiger partial charge in [-0.3, -0.25) is 4.79 Å². The van der Waals surface area contributed by atoms with Crippen LogP contribution in [0.4, 0.5) is 18.9 Å². The number of carbonyl (C=O) groups excluding carboxylic acids is 2. The fraction of sp³-hybridized carbons (Fsp3) is 0.143. The van der Waals surface area contributed by atoms with Crippen LogP contribution in [-0.4, -0.2) is 18.5 Å². The fourth-order valence-electron chi connectivity index (χ4n) is 2.55. The van der Waals surface area contributed by atoms with Gasteiger partial charge in [-0.1, -0.05) is 30.3 Å². The maximum Gasteiger partial charge on any atom is 0.416 e. The molecule has 0 radical (unpaired) electrons. The lowest BCUT2D eigenvalue weighted by molar-refractivity contribution is -0.137. The van der Waals surface area contributed by atoms with Crippen LogP contribution in [0, 0.1) is 6.92 Å². The molecule has 3 rings (SSSR count). The number of anilines is 1. The van der Waals surface area contributed by atoms with Gasteiger partial charge in [0.2, 0.25) is 5.76 Å². The van der Waals surface area contributed by atoms with E-state index in [1.807, 2.05) is 19.1 Å². The highest BCUT2D eigenvalue weighted by molar-refractivity contribution is 5.95. The molecule has 1 amide bonds. The van der Waals surface area contributed by atoms with Gasteiger partial charge in [-0.2, -0.15) is 13.2 Å². The zero-order valence-corrected chi connectivity index (χ0v) is 15.2. The van der Waals surface area contributed by atoms with Gasteiger partial charge in [0.05, 0.1) is 5.56 Å². The van der Waals surface area contributed by atoms with Crippen LogP contribution in [0.1, 0.15) is 21.7 Å². The van der Waals surface area contributed by atoms with E-state index in [-0.39, 0.29) is 17.1 Å². The first-order valence-electron chi connectivity index (χ1n) is 8.54. The molecule has 1 heterocycles. The lowest BCUT2D eigenvalue weighted by Gasteiger charge is -2.08. The van der Waals surface area contributed by atoms with Crippen molar-refractivity contribution in [3.8, 4) is 11.3 Å². The number of benzene rings is 2. The van der Waals surface area contributed by atoms with Crippen LogP contribution in [0.25, 0.3) is 11.3 Å². The summed E-state index contributed by atoms with van der Waals surface area (Å²) < 4.78 is 48.7. The number of halogens is 3. The second-order valence-corrected chi connectivity index (χ2v) is 6.18. The van der Waals surface area contributed by atoms with E-state index < -0.39 is 30.2 Å². The summed E-state index contributed by atoms with van der Waals surface area (Å²) in [7, 11) is 0. The van der Waals surface area contributed by atoms with E-state index in [2.05, 4.69) is 5.32 Å². The molecular weight excluding hydrogens is 387 g/mol. The van der Waals surface area contributed by atoms with Crippen LogP contribution in [0.5, 0.6) is 0 Å². The van der Waals surface area contributed by atoms with E-state index in [1.165, 1.54) is 24.3 Å². The van der Waals surface area contributed by atoms with Gasteiger partial charge in [0.25, 0.3) is 5.91 Å². The molecule has 0 aliphatic carbocycles. The Bertz CT molecular complexity index is 1040. The molecule has 0 bridgehead atoms. The molecule has 1 aromatic heterocycles. The van der Waals surface area contributed by atoms with Crippen molar-refractivity contribution in [2.75, 3.05) is 11.9 Å². The number of para-hydroxylation sites is 1. The van der Waals surface area contributed by atoms with Crippen molar-refractivity contribution in [3.63, 3.8) is 0 Å². The van der Waals surface area contributed by atoms with Crippen molar-refractivity contribution in [3.05, 3.63) is 77.6 Å². The summed E-state index contributed by atoms with van der Waals surface area (Å²) >= 11 is 0. The number of ether oxygens (including phenoxy) is 1. The molecule has 3 aromatic rings. The van der Waals surface area contributed by atoms with Crippen molar-refractivity contribution in [1.82, 2.24) is 0 Å². The zero-order chi connectivity index (χ0) is 21.0. The predicted molar refractivity (Wildman–Crippen MR) is 99.2 cm³/mol. The molecule has 0 aliphatic heterocycles. The molecule has 8 heteroatoms. The molecule has 0 aliphatic rings. The molecule has 0 saturated heterocycles. The Morgan fingerprint density at radius 2 is 1.79 bits per heavy atom. The molecule has 150 valence electrons. The minimum absolute atomic E-state index is 0.0763. The van der Waals surface area contributed by atoms with Gasteiger partial charge in [0.15, 0.2) is 6.61 Å². The molecule has 0 atom stereocenters. The first-order chi connectivity index (χ1) is 13.7. The van der Waals surface area contributed by atoms with Crippen molar-refractivity contribution in [2.45, 2.75) is 13.1 Å². The summed E-state index contributed by atoms with van der Waals surface area (Å²) in [6.45, 7) is 1.28. The van der Waals surface area contributed by atoms with Crippen LogP contribution in [-0.2, 0) is 15.7 Å². The van der Waals surface area contributed by atoms with Gasteiger partial charge in [-0.05, 0) is 42.8 Å². The highest BCUT2D eigenvalue weighted by Crippen LogP contribution is 2.32. The van der Waals surface area contributed by atoms with Gasteiger partial charge >= 0.3 is 12.1 Å². The second-order valence-electron chi connectivity index (χ2n) is 6.18. The fourth-order valence-corrected chi connectivity index (χ4v) is 2.55. The lowest BCUT2D eigenvalue weighted by atomic mass is 10.1. The number of aryl methyl sites for hydroxylation is 1. The van der Waals surface area contributed by atoms with Crippen molar-refractivity contribution >= 4 is 17.6 Å². The Morgan fingerprint density at radius 3 is 2.52 bits per heavy atom. The highest BCUT2D eigenvalue weighted by Gasteiger charge is 2.30. The smallest absolute Gasteiger partial charge is 0.416 e. The molecular formula is C21H16F3NO4. The number of hydrogen-bond donors (Lipinski definition) is 1. The Kier molecular flexibility index (Phi) is 5.72. The van der Waals surface area contributed by atoms with Crippen LogP contribution >= 0.6 is 0 Å². The van der Waals surface area contributed by atoms with E-state index in [9.17, 15) is 22.8 Å². The normalized spacial score (nSPS) is 11.2. The van der Waals surface area contributed by atoms with Crippen LogP contribution in [0.3, 0.4) is 0 Å². The van der Waals surface area contributed by atoms with Gasteiger partial charge in [-0.25, -0.2) is 4.79 Å². The average molecular weight is 403 g/mol. The average Bonchev–Trinajstić information content (AvgIpc) is 3.18. The number of esters is 1.